The number of aromatic amines is 1. The van der Waals surface area contributed by atoms with Crippen molar-refractivity contribution in [3.05, 3.63) is 88.5 Å². The van der Waals surface area contributed by atoms with Gasteiger partial charge in [-0.2, -0.15) is 4.98 Å². The van der Waals surface area contributed by atoms with Crippen molar-refractivity contribution in [3.8, 4) is 0 Å². The fourth-order valence-electron chi connectivity index (χ4n) is 4.48. The Morgan fingerprint density at radius 2 is 1.57 bits per heavy atom. The van der Waals surface area contributed by atoms with Crippen LogP contribution in [0.15, 0.2) is 71.8 Å². The minimum Gasteiger partial charge on any atom is -0.459 e. The molecule has 1 amide bonds. The fraction of sp³-hybridized carbons (Fsp3) is 0.250. The van der Waals surface area contributed by atoms with Crippen molar-refractivity contribution in [2.45, 2.75) is 38.4 Å². The Kier molecular flexibility index (Phi) is 8.06. The second-order valence-corrected chi connectivity index (χ2v) is 9.26. The van der Waals surface area contributed by atoms with E-state index < -0.39 is 53.9 Å². The normalized spacial score (nSPS) is 19.7. The van der Waals surface area contributed by atoms with Crippen molar-refractivity contribution < 1.29 is 38.1 Å². The van der Waals surface area contributed by atoms with Crippen LogP contribution in [-0.2, 0) is 28.5 Å². The van der Waals surface area contributed by atoms with Crippen LogP contribution in [0.4, 0.5) is 5.95 Å². The number of H-pyrrole nitrogens is 1. The smallest absolute Gasteiger partial charge is 0.338 e. The zero-order valence-electron chi connectivity index (χ0n) is 22.4. The average Bonchev–Trinajstić information content (AvgIpc) is 3.53. The highest BCUT2D eigenvalue weighted by atomic mass is 16.7. The number of hydrogen-bond acceptors (Lipinski definition) is 11. The summed E-state index contributed by atoms with van der Waals surface area (Å²) in [7, 11) is 0. The number of ether oxygens (including phenoxy) is 4. The molecule has 0 bridgehead atoms. The summed E-state index contributed by atoms with van der Waals surface area (Å²) < 4.78 is 24.2. The zero-order chi connectivity index (χ0) is 29.8. The van der Waals surface area contributed by atoms with E-state index in [0.29, 0.717) is 0 Å². The van der Waals surface area contributed by atoms with Gasteiger partial charge in [0.1, 0.15) is 19.0 Å². The van der Waals surface area contributed by atoms with Crippen molar-refractivity contribution in [3.63, 3.8) is 0 Å². The van der Waals surface area contributed by atoms with Gasteiger partial charge in [0.2, 0.25) is 11.9 Å². The predicted molar refractivity (Wildman–Crippen MR) is 144 cm³/mol. The Hall–Kier alpha value is -5.37. The van der Waals surface area contributed by atoms with Crippen molar-refractivity contribution in [1.82, 2.24) is 19.5 Å². The molecule has 2 aromatic carbocycles. The Labute approximate surface area is 237 Å². The average molecular weight is 576 g/mol. The molecule has 1 aliphatic heterocycles. The molecule has 42 heavy (non-hydrogen) atoms. The maximum atomic E-state index is 13.1. The Morgan fingerprint density at radius 1 is 0.929 bits per heavy atom. The van der Waals surface area contributed by atoms with Crippen molar-refractivity contribution >= 4 is 40.9 Å². The summed E-state index contributed by atoms with van der Waals surface area (Å²) in [5.74, 6) is -2.69. The van der Waals surface area contributed by atoms with Gasteiger partial charge in [0.05, 0.1) is 11.1 Å². The van der Waals surface area contributed by atoms with Gasteiger partial charge in [0, 0.05) is 13.8 Å². The maximum Gasteiger partial charge on any atom is 0.338 e. The SMILES string of the molecule is CC(=O)Nc1nc2ncn([C@H]3O[C@@H](COC(=O)c4ccccc4)[C@@H](OC(=O)c4ccccc4)[C@@H]3OC(C)=O)c2c(=O)[nH]1. The minimum atomic E-state index is -1.29. The first-order valence-corrected chi connectivity index (χ1v) is 12.8. The number of esters is 3. The van der Waals surface area contributed by atoms with Gasteiger partial charge in [-0.15, -0.1) is 0 Å². The molecule has 216 valence electrons. The number of carbonyl (C=O) groups is 4. The third-order valence-electron chi connectivity index (χ3n) is 6.24. The molecule has 4 aromatic rings. The zero-order valence-corrected chi connectivity index (χ0v) is 22.4. The number of nitrogens with one attached hydrogen (secondary N) is 2. The van der Waals surface area contributed by atoms with Crippen LogP contribution in [0.5, 0.6) is 0 Å². The van der Waals surface area contributed by atoms with E-state index >= 15 is 0 Å². The standard InChI is InChI=1S/C28H25N5O9/c1-15(34)30-28-31-23-20(24(36)32-28)33(14-29-23)25-22(40-16(2)35)21(42-27(38)18-11-7-4-8-12-18)19(41-25)13-39-26(37)17-9-5-3-6-10-17/h3-12,14,19,21-22,25H,13H2,1-2H3,(H2,30,31,32,34,36)/t19-,21+,22-,25-/m0/s1. The second-order valence-electron chi connectivity index (χ2n) is 9.26. The van der Waals surface area contributed by atoms with Gasteiger partial charge < -0.3 is 18.9 Å². The van der Waals surface area contributed by atoms with Crippen LogP contribution in [-0.4, -0.2) is 68.3 Å². The number of rotatable bonds is 8. The highest BCUT2D eigenvalue weighted by Gasteiger charge is 2.51. The van der Waals surface area contributed by atoms with Crippen LogP contribution >= 0.6 is 0 Å². The topological polar surface area (TPSA) is 181 Å². The van der Waals surface area contributed by atoms with Gasteiger partial charge in [-0.1, -0.05) is 36.4 Å². The lowest BCUT2D eigenvalue weighted by Gasteiger charge is -2.24. The van der Waals surface area contributed by atoms with Gasteiger partial charge in [0.15, 0.2) is 29.6 Å². The first-order chi connectivity index (χ1) is 20.2. The van der Waals surface area contributed by atoms with Crippen LogP contribution in [0.2, 0.25) is 0 Å². The molecule has 14 heteroatoms. The monoisotopic (exact) mass is 575 g/mol. The molecule has 5 rings (SSSR count). The van der Waals surface area contributed by atoms with E-state index in [9.17, 15) is 24.0 Å². The van der Waals surface area contributed by atoms with Gasteiger partial charge in [0.25, 0.3) is 5.56 Å². The molecule has 0 aliphatic carbocycles. The molecule has 4 atom stereocenters. The first-order valence-electron chi connectivity index (χ1n) is 12.8. The van der Waals surface area contributed by atoms with E-state index in [-0.39, 0.29) is 34.8 Å². The van der Waals surface area contributed by atoms with E-state index in [1.807, 2.05) is 0 Å². The molecule has 0 unspecified atom stereocenters. The molecule has 2 N–H and O–H groups in total. The summed E-state index contributed by atoms with van der Waals surface area (Å²) in [4.78, 5) is 73.1. The quantitative estimate of drug-likeness (QED) is 0.232. The molecule has 1 saturated heterocycles. The molecule has 0 saturated carbocycles. The van der Waals surface area contributed by atoms with E-state index in [2.05, 4.69) is 20.3 Å². The van der Waals surface area contributed by atoms with Crippen LogP contribution < -0.4 is 10.9 Å². The summed E-state index contributed by atoms with van der Waals surface area (Å²) >= 11 is 0. The molecule has 2 aromatic heterocycles. The number of imidazole rings is 1. The Morgan fingerprint density at radius 3 is 2.19 bits per heavy atom. The first kappa shape index (κ1) is 28.2. The second kappa shape index (κ2) is 12.0. The van der Waals surface area contributed by atoms with Gasteiger partial charge >= 0.3 is 17.9 Å². The summed E-state index contributed by atoms with van der Waals surface area (Å²) in [6.07, 6.45) is -3.69. The third-order valence-corrected chi connectivity index (χ3v) is 6.24. The third kappa shape index (κ3) is 6.02. The molecule has 0 spiro atoms. The minimum absolute atomic E-state index is 0.0375. The highest BCUT2D eigenvalue weighted by Crippen LogP contribution is 2.36. The number of hydrogen-bond donors (Lipinski definition) is 2. The van der Waals surface area contributed by atoms with Gasteiger partial charge in [-0.25, -0.2) is 14.6 Å². The Balaban J connectivity index is 1.50. The van der Waals surface area contributed by atoms with Crippen LogP contribution in [0.3, 0.4) is 0 Å². The lowest BCUT2D eigenvalue weighted by molar-refractivity contribution is -0.156. The highest BCUT2D eigenvalue weighted by molar-refractivity contribution is 5.90. The lowest BCUT2D eigenvalue weighted by atomic mass is 10.1. The molecule has 1 aliphatic rings. The molecular weight excluding hydrogens is 550 g/mol. The molecule has 1 fully saturated rings. The predicted octanol–water partition coefficient (Wildman–Crippen LogP) is 1.99. The molecule has 0 radical (unpaired) electrons. The van der Waals surface area contributed by atoms with Gasteiger partial charge in [-0.05, 0) is 24.3 Å². The fourth-order valence-corrected chi connectivity index (χ4v) is 4.48. The number of nitrogens with zero attached hydrogens (tertiary/aromatic N) is 3. The number of fused-ring (bicyclic) bond motifs is 1. The van der Waals surface area contributed by atoms with Crippen LogP contribution in [0.1, 0.15) is 40.8 Å². The number of benzene rings is 2. The van der Waals surface area contributed by atoms with E-state index in [1.54, 1.807) is 60.7 Å². The van der Waals surface area contributed by atoms with E-state index in [1.165, 1.54) is 17.8 Å². The van der Waals surface area contributed by atoms with Crippen molar-refractivity contribution in [2.24, 2.45) is 0 Å². The van der Waals surface area contributed by atoms with Crippen molar-refractivity contribution in [1.29, 1.82) is 0 Å². The Bertz CT molecular complexity index is 1690. The maximum absolute atomic E-state index is 13.1. The largest absolute Gasteiger partial charge is 0.459 e. The molecule has 3 heterocycles. The number of anilines is 1. The number of carbonyl (C=O) groups excluding carboxylic acids is 4. The summed E-state index contributed by atoms with van der Waals surface area (Å²) in [5, 5.41) is 2.38. The van der Waals surface area contributed by atoms with Crippen molar-refractivity contribution in [2.75, 3.05) is 11.9 Å². The number of aromatic nitrogens is 4. The summed E-state index contributed by atoms with van der Waals surface area (Å²) in [6, 6.07) is 16.4. The van der Waals surface area contributed by atoms with E-state index in [0.717, 1.165) is 6.92 Å². The van der Waals surface area contributed by atoms with Gasteiger partial charge in [-0.3, -0.25) is 29.3 Å². The van der Waals surface area contributed by atoms with E-state index in [4.69, 9.17) is 18.9 Å². The van der Waals surface area contributed by atoms with Crippen LogP contribution in [0.25, 0.3) is 11.2 Å². The summed E-state index contributed by atoms with van der Waals surface area (Å²) in [5.41, 5.74) is -0.273. The number of amides is 1. The lowest BCUT2D eigenvalue weighted by Crippen LogP contribution is -2.41. The summed E-state index contributed by atoms with van der Waals surface area (Å²) in [6.45, 7) is 2.03. The molecular formula is C28H25N5O9. The molecule has 14 nitrogen and oxygen atoms in total. The van der Waals surface area contributed by atoms with Crippen LogP contribution in [0, 0.1) is 0 Å².